The van der Waals surface area contributed by atoms with Crippen LogP contribution in [0.1, 0.15) is 30.9 Å². The average Bonchev–Trinajstić information content (AvgIpc) is 3.47. The second-order valence-electron chi connectivity index (χ2n) is 8.69. The smallest absolute Gasteiger partial charge is 0.266 e. The third kappa shape index (κ3) is 6.06. The summed E-state index contributed by atoms with van der Waals surface area (Å²) in [5, 5.41) is 4.93. The number of thiocarbonyl (C=S) groups is 1. The summed E-state index contributed by atoms with van der Waals surface area (Å²) in [5.74, 6) is 1.05. The zero-order chi connectivity index (χ0) is 25.6. The van der Waals surface area contributed by atoms with Crippen LogP contribution in [0.4, 0.5) is 0 Å². The van der Waals surface area contributed by atoms with Crippen LogP contribution in [0.2, 0.25) is 0 Å². The fourth-order valence-electron chi connectivity index (χ4n) is 4.02. The van der Waals surface area contributed by atoms with Crippen LogP contribution in [-0.2, 0) is 11.3 Å². The highest BCUT2D eigenvalue weighted by Gasteiger charge is 2.32. The molecule has 5 rings (SSSR count). The van der Waals surface area contributed by atoms with Crippen molar-refractivity contribution in [3.8, 4) is 16.9 Å². The minimum absolute atomic E-state index is 0.0695. The van der Waals surface area contributed by atoms with Crippen LogP contribution >= 0.6 is 35.7 Å². The Hall–Kier alpha value is -3.13. The fourth-order valence-corrected chi connectivity index (χ4v) is 6.26. The standard InChI is InChI=1S/C30H27N3OS3/c1-2-3-18-36-26-16-14-23(15-17-26)28-24(21-33(31-28)25-12-8-5-9-13-25)19-27-29(34)32(30(35)37-27)20-22-10-6-4-7-11-22/h4-17,19,21H,2-3,18,20H2,1H3/b27-19-. The lowest BCUT2D eigenvalue weighted by molar-refractivity contribution is -0.122. The summed E-state index contributed by atoms with van der Waals surface area (Å²) in [6.45, 7) is 2.68. The first kappa shape index (κ1) is 25.5. The summed E-state index contributed by atoms with van der Waals surface area (Å²) in [5.41, 5.74) is 4.75. The number of carbonyl (C=O) groups is 1. The Morgan fingerprint density at radius 1 is 0.973 bits per heavy atom. The number of hydrogen-bond acceptors (Lipinski definition) is 5. The molecule has 0 unspecified atom stereocenters. The Bertz CT molecular complexity index is 1410. The molecule has 1 amide bonds. The van der Waals surface area contributed by atoms with Gasteiger partial charge in [0.2, 0.25) is 0 Å². The highest BCUT2D eigenvalue weighted by Crippen LogP contribution is 2.36. The number of unbranched alkanes of at least 4 members (excludes halogenated alkanes) is 1. The molecule has 1 aliphatic rings. The Labute approximate surface area is 231 Å². The molecule has 3 aromatic carbocycles. The summed E-state index contributed by atoms with van der Waals surface area (Å²) < 4.78 is 2.45. The predicted octanol–water partition coefficient (Wildman–Crippen LogP) is 7.83. The minimum Gasteiger partial charge on any atom is -0.288 e. The predicted molar refractivity (Wildman–Crippen MR) is 160 cm³/mol. The SMILES string of the molecule is CCCCSc1ccc(-c2nn(-c3ccccc3)cc2/C=C2\SC(=S)N(Cc3ccccc3)C2=O)cc1. The Morgan fingerprint density at radius 2 is 1.68 bits per heavy atom. The van der Waals surface area contributed by atoms with Crippen molar-refractivity contribution in [1.29, 1.82) is 0 Å². The van der Waals surface area contributed by atoms with E-state index in [0.29, 0.717) is 15.8 Å². The molecule has 0 aliphatic carbocycles. The molecular formula is C30H27N3OS3. The summed E-state index contributed by atoms with van der Waals surface area (Å²) >= 11 is 8.80. The molecule has 186 valence electrons. The Morgan fingerprint density at radius 3 is 2.38 bits per heavy atom. The van der Waals surface area contributed by atoms with Gasteiger partial charge in [0.25, 0.3) is 5.91 Å². The van der Waals surface area contributed by atoms with E-state index in [4.69, 9.17) is 17.3 Å². The second-order valence-corrected chi connectivity index (χ2v) is 11.5. The van der Waals surface area contributed by atoms with Crippen LogP contribution in [0.5, 0.6) is 0 Å². The van der Waals surface area contributed by atoms with Crippen molar-refractivity contribution in [2.75, 3.05) is 5.75 Å². The Kier molecular flexibility index (Phi) is 8.24. The van der Waals surface area contributed by atoms with Crippen molar-refractivity contribution in [1.82, 2.24) is 14.7 Å². The molecule has 1 fully saturated rings. The fraction of sp³-hybridized carbons (Fsp3) is 0.167. The van der Waals surface area contributed by atoms with E-state index in [0.717, 1.165) is 33.8 Å². The maximum Gasteiger partial charge on any atom is 0.266 e. The van der Waals surface area contributed by atoms with E-state index in [9.17, 15) is 4.79 Å². The van der Waals surface area contributed by atoms with Crippen molar-refractivity contribution >= 4 is 52.0 Å². The lowest BCUT2D eigenvalue weighted by atomic mass is 10.1. The normalized spacial score (nSPS) is 14.6. The van der Waals surface area contributed by atoms with E-state index in [1.165, 1.54) is 29.5 Å². The van der Waals surface area contributed by atoms with Gasteiger partial charge in [0, 0.05) is 22.2 Å². The lowest BCUT2D eigenvalue weighted by Gasteiger charge is -2.14. The summed E-state index contributed by atoms with van der Waals surface area (Å²) in [7, 11) is 0. The molecule has 37 heavy (non-hydrogen) atoms. The molecule has 0 atom stereocenters. The van der Waals surface area contributed by atoms with E-state index in [2.05, 4.69) is 31.2 Å². The van der Waals surface area contributed by atoms with Crippen molar-refractivity contribution in [3.05, 3.63) is 107 Å². The van der Waals surface area contributed by atoms with E-state index < -0.39 is 0 Å². The molecular weight excluding hydrogens is 515 g/mol. The summed E-state index contributed by atoms with van der Waals surface area (Å²) in [4.78, 5) is 16.9. The van der Waals surface area contributed by atoms with E-state index in [-0.39, 0.29) is 5.91 Å². The van der Waals surface area contributed by atoms with Gasteiger partial charge < -0.3 is 0 Å². The first-order chi connectivity index (χ1) is 18.1. The van der Waals surface area contributed by atoms with Crippen molar-refractivity contribution < 1.29 is 4.79 Å². The van der Waals surface area contributed by atoms with Gasteiger partial charge in [-0.2, -0.15) is 5.10 Å². The molecule has 1 saturated heterocycles. The number of aromatic nitrogens is 2. The van der Waals surface area contributed by atoms with Gasteiger partial charge >= 0.3 is 0 Å². The van der Waals surface area contributed by atoms with Crippen LogP contribution in [0, 0.1) is 0 Å². The number of thioether (sulfide) groups is 2. The molecule has 1 aromatic heterocycles. The highest BCUT2D eigenvalue weighted by atomic mass is 32.2. The average molecular weight is 542 g/mol. The number of amides is 1. The maximum absolute atomic E-state index is 13.3. The zero-order valence-corrected chi connectivity index (χ0v) is 23.0. The first-order valence-electron chi connectivity index (χ1n) is 12.3. The van der Waals surface area contributed by atoms with Gasteiger partial charge in [-0.25, -0.2) is 4.68 Å². The minimum atomic E-state index is -0.0695. The van der Waals surface area contributed by atoms with Gasteiger partial charge in [0.05, 0.1) is 22.8 Å². The van der Waals surface area contributed by atoms with Gasteiger partial charge in [-0.1, -0.05) is 98.0 Å². The van der Waals surface area contributed by atoms with Gasteiger partial charge in [0.15, 0.2) is 0 Å². The number of rotatable bonds is 9. The maximum atomic E-state index is 13.3. The molecule has 1 aliphatic heterocycles. The number of benzene rings is 3. The van der Waals surface area contributed by atoms with Gasteiger partial charge in [0.1, 0.15) is 4.32 Å². The molecule has 4 nitrogen and oxygen atoms in total. The van der Waals surface area contributed by atoms with Crippen LogP contribution in [-0.4, -0.2) is 30.7 Å². The van der Waals surface area contributed by atoms with E-state index in [1.807, 2.05) is 89.4 Å². The zero-order valence-electron chi connectivity index (χ0n) is 20.5. The van der Waals surface area contributed by atoms with Crippen molar-refractivity contribution in [2.45, 2.75) is 31.2 Å². The van der Waals surface area contributed by atoms with E-state index in [1.54, 1.807) is 4.90 Å². The molecule has 7 heteroatoms. The van der Waals surface area contributed by atoms with Gasteiger partial charge in [-0.15, -0.1) is 11.8 Å². The number of para-hydroxylation sites is 1. The Balaban J connectivity index is 1.47. The monoisotopic (exact) mass is 541 g/mol. The van der Waals surface area contributed by atoms with Crippen LogP contribution < -0.4 is 0 Å². The molecule has 0 bridgehead atoms. The van der Waals surface area contributed by atoms with Crippen molar-refractivity contribution in [3.63, 3.8) is 0 Å². The molecule has 2 heterocycles. The molecule has 4 aromatic rings. The second kappa shape index (κ2) is 11.9. The first-order valence-corrected chi connectivity index (χ1v) is 14.5. The number of carbonyl (C=O) groups excluding carboxylic acids is 1. The molecule has 0 saturated carbocycles. The molecule has 0 N–H and O–H groups in total. The van der Waals surface area contributed by atoms with Crippen molar-refractivity contribution in [2.24, 2.45) is 0 Å². The number of hydrogen-bond donors (Lipinski definition) is 0. The molecule has 0 spiro atoms. The lowest BCUT2D eigenvalue weighted by Crippen LogP contribution is -2.27. The summed E-state index contributed by atoms with van der Waals surface area (Å²) in [6, 6.07) is 28.5. The van der Waals surface area contributed by atoms with Crippen LogP contribution in [0.3, 0.4) is 0 Å². The van der Waals surface area contributed by atoms with E-state index >= 15 is 0 Å². The third-order valence-corrected chi connectivity index (χ3v) is 8.48. The highest BCUT2D eigenvalue weighted by molar-refractivity contribution is 8.26. The van der Waals surface area contributed by atoms with Gasteiger partial charge in [-0.05, 0) is 48.1 Å². The topological polar surface area (TPSA) is 38.1 Å². The van der Waals surface area contributed by atoms with Crippen LogP contribution in [0.15, 0.2) is 101 Å². The van der Waals surface area contributed by atoms with Crippen LogP contribution in [0.25, 0.3) is 23.0 Å². The van der Waals surface area contributed by atoms with Gasteiger partial charge in [-0.3, -0.25) is 9.69 Å². The number of nitrogens with zero attached hydrogens (tertiary/aromatic N) is 3. The quantitative estimate of drug-likeness (QED) is 0.0934. The third-order valence-electron chi connectivity index (χ3n) is 6.00. The summed E-state index contributed by atoms with van der Waals surface area (Å²) in [6.07, 6.45) is 6.32. The molecule has 0 radical (unpaired) electrons. The largest absolute Gasteiger partial charge is 0.288 e.